The van der Waals surface area contributed by atoms with Gasteiger partial charge in [-0.25, -0.2) is 0 Å². The molecule has 0 aliphatic rings. The molecule has 0 saturated carbocycles. The van der Waals surface area contributed by atoms with Gasteiger partial charge in [-0.3, -0.25) is 0 Å². The minimum Gasteiger partial charge on any atom is -0.467 e. The highest BCUT2D eigenvalue weighted by molar-refractivity contribution is 6.30. The van der Waals surface area contributed by atoms with Crippen molar-refractivity contribution in [2.45, 2.75) is 6.10 Å². The number of benzene rings is 1. The molecule has 1 aromatic carbocycles. The Morgan fingerprint density at radius 1 is 1.25 bits per heavy atom. The molecule has 0 saturated heterocycles. The van der Waals surface area contributed by atoms with Crippen molar-refractivity contribution in [2.24, 2.45) is 0 Å². The van der Waals surface area contributed by atoms with Crippen LogP contribution in [0.2, 0.25) is 5.02 Å². The Morgan fingerprint density at radius 3 is 2.62 bits per heavy atom. The predicted octanol–water partition coefficient (Wildman–Crippen LogP) is 3.08. The predicted molar refractivity (Wildman–Crippen MR) is 63.6 cm³/mol. The van der Waals surface area contributed by atoms with Crippen molar-refractivity contribution in [1.29, 1.82) is 0 Å². The molecule has 1 unspecified atom stereocenters. The highest BCUT2D eigenvalue weighted by atomic mass is 35.5. The Kier molecular flexibility index (Phi) is 3.49. The van der Waals surface area contributed by atoms with Gasteiger partial charge in [0, 0.05) is 17.3 Å². The quantitative estimate of drug-likeness (QED) is 0.859. The van der Waals surface area contributed by atoms with Gasteiger partial charge >= 0.3 is 0 Å². The van der Waals surface area contributed by atoms with Gasteiger partial charge in [0.2, 0.25) is 0 Å². The first-order chi connectivity index (χ1) is 7.75. The molecule has 3 nitrogen and oxygen atoms in total. The summed E-state index contributed by atoms with van der Waals surface area (Å²) in [4.78, 5) is 0. The molecule has 0 spiro atoms. The topological polar surface area (TPSA) is 45.4 Å². The van der Waals surface area contributed by atoms with E-state index in [4.69, 9.17) is 16.0 Å². The maximum absolute atomic E-state index is 9.74. The van der Waals surface area contributed by atoms with Gasteiger partial charge in [-0.05, 0) is 36.4 Å². The molecule has 1 atom stereocenters. The maximum atomic E-state index is 9.74. The molecule has 0 aliphatic carbocycles. The lowest BCUT2D eigenvalue weighted by molar-refractivity contribution is 0.162. The summed E-state index contributed by atoms with van der Waals surface area (Å²) < 4.78 is 5.09. The van der Waals surface area contributed by atoms with Crippen molar-refractivity contribution in [3.63, 3.8) is 0 Å². The number of rotatable bonds is 4. The summed E-state index contributed by atoms with van der Waals surface area (Å²) in [6.07, 6.45) is 0.895. The number of hydrogen-bond donors (Lipinski definition) is 2. The van der Waals surface area contributed by atoms with E-state index in [0.717, 1.165) is 5.69 Å². The second-order valence-corrected chi connectivity index (χ2v) is 3.86. The summed E-state index contributed by atoms with van der Waals surface area (Å²) in [5, 5.41) is 13.5. The van der Waals surface area contributed by atoms with Crippen molar-refractivity contribution < 1.29 is 9.52 Å². The van der Waals surface area contributed by atoms with E-state index in [9.17, 15) is 5.11 Å². The third kappa shape index (κ3) is 2.78. The highest BCUT2D eigenvalue weighted by Crippen LogP contribution is 2.16. The van der Waals surface area contributed by atoms with Gasteiger partial charge in [0.15, 0.2) is 0 Å². The Hall–Kier alpha value is -1.45. The van der Waals surface area contributed by atoms with Crippen LogP contribution in [0.3, 0.4) is 0 Å². The van der Waals surface area contributed by atoms with Crippen molar-refractivity contribution in [2.75, 3.05) is 11.9 Å². The van der Waals surface area contributed by atoms with Gasteiger partial charge in [0.1, 0.15) is 11.9 Å². The van der Waals surface area contributed by atoms with Crippen LogP contribution in [0.25, 0.3) is 0 Å². The fourth-order valence-electron chi connectivity index (χ4n) is 1.36. The van der Waals surface area contributed by atoms with E-state index in [-0.39, 0.29) is 0 Å². The van der Waals surface area contributed by atoms with Crippen molar-refractivity contribution in [3.8, 4) is 0 Å². The van der Waals surface area contributed by atoms with Gasteiger partial charge in [0.25, 0.3) is 0 Å². The zero-order valence-electron chi connectivity index (χ0n) is 8.56. The molecule has 4 heteroatoms. The van der Waals surface area contributed by atoms with Gasteiger partial charge in [-0.15, -0.1) is 0 Å². The van der Waals surface area contributed by atoms with Gasteiger partial charge in [0.05, 0.1) is 6.26 Å². The van der Waals surface area contributed by atoms with Crippen LogP contribution in [0.5, 0.6) is 0 Å². The lowest BCUT2D eigenvalue weighted by Gasteiger charge is -2.10. The van der Waals surface area contributed by atoms with E-state index < -0.39 is 6.10 Å². The Bertz CT molecular complexity index is 425. The lowest BCUT2D eigenvalue weighted by Crippen LogP contribution is -2.11. The smallest absolute Gasteiger partial charge is 0.134 e. The monoisotopic (exact) mass is 237 g/mol. The number of aliphatic hydroxyl groups is 1. The molecule has 2 rings (SSSR count). The molecule has 1 heterocycles. The molecule has 2 aromatic rings. The molecule has 0 amide bonds. The van der Waals surface area contributed by atoms with Crippen LogP contribution in [0.4, 0.5) is 5.69 Å². The summed E-state index contributed by atoms with van der Waals surface area (Å²) in [7, 11) is 0. The van der Waals surface area contributed by atoms with E-state index >= 15 is 0 Å². The van der Waals surface area contributed by atoms with Crippen LogP contribution >= 0.6 is 11.6 Å². The van der Waals surface area contributed by atoms with Crippen molar-refractivity contribution in [1.82, 2.24) is 0 Å². The molecule has 0 aliphatic heterocycles. The Morgan fingerprint density at radius 2 is 2.00 bits per heavy atom. The molecule has 1 aromatic heterocycles. The summed E-state index contributed by atoms with van der Waals surface area (Å²) in [5.41, 5.74) is 0.912. The van der Waals surface area contributed by atoms with Crippen molar-refractivity contribution >= 4 is 17.3 Å². The average molecular weight is 238 g/mol. The van der Waals surface area contributed by atoms with E-state index in [0.29, 0.717) is 17.3 Å². The minimum atomic E-state index is -0.648. The third-order valence-corrected chi connectivity index (χ3v) is 2.47. The summed E-state index contributed by atoms with van der Waals surface area (Å²) >= 11 is 5.76. The number of nitrogens with one attached hydrogen (secondary N) is 1. The average Bonchev–Trinajstić information content (AvgIpc) is 2.81. The first-order valence-corrected chi connectivity index (χ1v) is 5.34. The summed E-state index contributed by atoms with van der Waals surface area (Å²) in [6.45, 7) is 0.398. The van der Waals surface area contributed by atoms with Gasteiger partial charge in [-0.1, -0.05) is 11.6 Å². The van der Waals surface area contributed by atoms with E-state index in [1.54, 1.807) is 30.5 Å². The first kappa shape index (κ1) is 11.0. The maximum Gasteiger partial charge on any atom is 0.134 e. The summed E-state index contributed by atoms with van der Waals surface area (Å²) in [6, 6.07) is 10.8. The zero-order chi connectivity index (χ0) is 11.4. The molecular weight excluding hydrogens is 226 g/mol. The minimum absolute atomic E-state index is 0.398. The number of aliphatic hydroxyl groups excluding tert-OH is 1. The molecular formula is C12H12ClNO2. The van der Waals surface area contributed by atoms with Crippen LogP contribution in [-0.2, 0) is 0 Å². The Labute approximate surface area is 98.7 Å². The molecule has 16 heavy (non-hydrogen) atoms. The zero-order valence-corrected chi connectivity index (χ0v) is 9.32. The molecule has 0 bridgehead atoms. The second-order valence-electron chi connectivity index (χ2n) is 3.42. The fraction of sp³-hybridized carbons (Fsp3) is 0.167. The third-order valence-electron chi connectivity index (χ3n) is 2.22. The highest BCUT2D eigenvalue weighted by Gasteiger charge is 2.09. The first-order valence-electron chi connectivity index (χ1n) is 4.96. The van der Waals surface area contributed by atoms with Gasteiger partial charge < -0.3 is 14.8 Å². The standard InChI is InChI=1S/C12H12ClNO2/c13-9-3-5-10(6-4-9)14-8-11(15)12-2-1-7-16-12/h1-7,11,14-15H,8H2. The van der Waals surface area contributed by atoms with Crippen LogP contribution in [0.1, 0.15) is 11.9 Å². The SMILES string of the molecule is OC(CNc1ccc(Cl)cc1)c1ccco1. The van der Waals surface area contributed by atoms with E-state index in [1.165, 1.54) is 0 Å². The number of hydrogen-bond acceptors (Lipinski definition) is 3. The van der Waals surface area contributed by atoms with Crippen LogP contribution in [0, 0.1) is 0 Å². The molecule has 0 fully saturated rings. The number of halogens is 1. The molecule has 0 radical (unpaired) electrons. The largest absolute Gasteiger partial charge is 0.467 e. The molecule has 2 N–H and O–H groups in total. The van der Waals surface area contributed by atoms with Crippen molar-refractivity contribution in [3.05, 3.63) is 53.4 Å². The van der Waals surface area contributed by atoms with E-state index in [2.05, 4.69) is 5.32 Å². The lowest BCUT2D eigenvalue weighted by atomic mass is 10.2. The fourth-order valence-corrected chi connectivity index (χ4v) is 1.49. The van der Waals surface area contributed by atoms with Crippen LogP contribution < -0.4 is 5.32 Å². The normalized spacial score (nSPS) is 12.4. The van der Waals surface area contributed by atoms with Crippen LogP contribution in [0.15, 0.2) is 47.1 Å². The Balaban J connectivity index is 1.90. The van der Waals surface area contributed by atoms with Gasteiger partial charge in [-0.2, -0.15) is 0 Å². The number of furan rings is 1. The molecule has 84 valence electrons. The number of anilines is 1. The second kappa shape index (κ2) is 5.05. The van der Waals surface area contributed by atoms with Crippen LogP contribution in [-0.4, -0.2) is 11.7 Å². The summed E-state index contributed by atoms with van der Waals surface area (Å²) in [5.74, 6) is 0.557. The van der Waals surface area contributed by atoms with E-state index in [1.807, 2.05) is 12.1 Å².